The number of nitrogens with zero attached hydrogens (tertiary/aromatic N) is 1. The number of carbonyl (C=O) groups is 2. The summed E-state index contributed by atoms with van der Waals surface area (Å²) in [6.45, 7) is 0.0745. The molecule has 0 aromatic heterocycles. The molecule has 0 spiro atoms. The summed E-state index contributed by atoms with van der Waals surface area (Å²) in [6, 6.07) is 23.6. The molecule has 0 radical (unpaired) electrons. The van der Waals surface area contributed by atoms with Gasteiger partial charge in [0.25, 0.3) is 5.91 Å². The Hall–Kier alpha value is -2.83. The van der Waals surface area contributed by atoms with E-state index in [9.17, 15) is 9.59 Å². The number of halogens is 2. The Balaban J connectivity index is 1.86. The minimum Gasteiger partial charge on any atom is -0.483 e. The average Bonchev–Trinajstić information content (AvgIpc) is 2.81. The van der Waals surface area contributed by atoms with Crippen LogP contribution >= 0.6 is 27.5 Å². The van der Waals surface area contributed by atoms with Gasteiger partial charge in [-0.3, -0.25) is 9.59 Å². The third-order valence-corrected chi connectivity index (χ3v) is 5.81. The van der Waals surface area contributed by atoms with Crippen molar-refractivity contribution < 1.29 is 14.3 Å². The second kappa shape index (κ2) is 11.7. The molecule has 0 aliphatic rings. The molecule has 0 heterocycles. The molecule has 2 amide bonds. The normalized spacial score (nSPS) is 11.5. The summed E-state index contributed by atoms with van der Waals surface area (Å²) in [5.74, 6) is -0.0204. The van der Waals surface area contributed by atoms with E-state index in [0.29, 0.717) is 21.7 Å². The van der Waals surface area contributed by atoms with Crippen LogP contribution in [0.1, 0.15) is 11.1 Å². The van der Waals surface area contributed by atoms with Gasteiger partial charge < -0.3 is 15.0 Å². The van der Waals surface area contributed by atoms with Gasteiger partial charge in [-0.25, -0.2) is 0 Å². The Bertz CT molecular complexity index is 1050. The number of hydrogen-bond donors (Lipinski definition) is 1. The van der Waals surface area contributed by atoms with Gasteiger partial charge in [0, 0.05) is 25.0 Å². The van der Waals surface area contributed by atoms with Crippen molar-refractivity contribution in [2.45, 2.75) is 19.0 Å². The van der Waals surface area contributed by atoms with Crippen LogP contribution in [0.2, 0.25) is 5.02 Å². The first-order valence-corrected chi connectivity index (χ1v) is 11.3. The Labute approximate surface area is 201 Å². The van der Waals surface area contributed by atoms with Crippen LogP contribution < -0.4 is 10.1 Å². The number of carbonyl (C=O) groups excluding carboxylic acids is 2. The highest BCUT2D eigenvalue weighted by Gasteiger charge is 2.30. The Morgan fingerprint density at radius 1 is 1.00 bits per heavy atom. The molecule has 7 heteroatoms. The lowest BCUT2D eigenvalue weighted by atomic mass is 10.0. The van der Waals surface area contributed by atoms with Gasteiger partial charge in [-0.05, 0) is 45.3 Å². The number of nitrogens with one attached hydrogen (secondary N) is 1. The largest absolute Gasteiger partial charge is 0.483 e. The molecule has 32 heavy (non-hydrogen) atoms. The molecule has 0 aliphatic carbocycles. The van der Waals surface area contributed by atoms with Gasteiger partial charge in [0.1, 0.15) is 11.8 Å². The molecule has 0 aliphatic heterocycles. The number of amides is 2. The van der Waals surface area contributed by atoms with Crippen molar-refractivity contribution >= 4 is 39.3 Å². The number of benzene rings is 3. The molecule has 1 N–H and O–H groups in total. The van der Waals surface area contributed by atoms with E-state index in [1.165, 1.54) is 0 Å². The third kappa shape index (κ3) is 6.58. The molecule has 166 valence electrons. The summed E-state index contributed by atoms with van der Waals surface area (Å²) >= 11 is 9.38. The van der Waals surface area contributed by atoms with Gasteiger partial charge in [0.15, 0.2) is 6.61 Å². The predicted octanol–water partition coefficient (Wildman–Crippen LogP) is 4.87. The highest BCUT2D eigenvalue weighted by atomic mass is 79.9. The fourth-order valence-corrected chi connectivity index (χ4v) is 4.11. The van der Waals surface area contributed by atoms with Gasteiger partial charge in [-0.2, -0.15) is 0 Å². The maximum Gasteiger partial charge on any atom is 0.261 e. The summed E-state index contributed by atoms with van der Waals surface area (Å²) in [5.41, 5.74) is 1.89. The highest BCUT2D eigenvalue weighted by molar-refractivity contribution is 9.10. The molecule has 0 saturated heterocycles. The van der Waals surface area contributed by atoms with Crippen LogP contribution in [0.5, 0.6) is 5.75 Å². The maximum atomic E-state index is 13.3. The fraction of sp³-hybridized carbons (Fsp3) is 0.200. The predicted molar refractivity (Wildman–Crippen MR) is 130 cm³/mol. The second-order valence-corrected chi connectivity index (χ2v) is 8.48. The Morgan fingerprint density at radius 3 is 2.22 bits per heavy atom. The number of hydrogen-bond acceptors (Lipinski definition) is 3. The summed E-state index contributed by atoms with van der Waals surface area (Å²) in [5, 5.41) is 3.26. The van der Waals surface area contributed by atoms with Crippen molar-refractivity contribution in [1.82, 2.24) is 10.2 Å². The van der Waals surface area contributed by atoms with Crippen LogP contribution in [-0.4, -0.2) is 36.4 Å². The van der Waals surface area contributed by atoms with Gasteiger partial charge in [0.2, 0.25) is 5.91 Å². The third-order valence-electron chi connectivity index (χ3n) is 4.96. The minimum absolute atomic E-state index is 0.213. The first-order valence-electron chi connectivity index (χ1n) is 10.1. The summed E-state index contributed by atoms with van der Waals surface area (Å²) in [7, 11) is 1.58. The maximum absolute atomic E-state index is 13.3. The van der Waals surface area contributed by atoms with E-state index in [2.05, 4.69) is 21.2 Å². The number of ether oxygens (including phenoxy) is 1. The summed E-state index contributed by atoms with van der Waals surface area (Å²) in [6.07, 6.45) is 0.393. The van der Waals surface area contributed by atoms with E-state index in [0.717, 1.165) is 11.1 Å². The van der Waals surface area contributed by atoms with Gasteiger partial charge in [-0.1, -0.05) is 72.3 Å². The van der Waals surface area contributed by atoms with E-state index >= 15 is 0 Å². The van der Waals surface area contributed by atoms with Crippen LogP contribution in [0, 0.1) is 0 Å². The lowest BCUT2D eigenvalue weighted by Crippen LogP contribution is -2.51. The molecule has 3 aromatic rings. The molecular weight excluding hydrogens is 492 g/mol. The van der Waals surface area contributed by atoms with Crippen molar-refractivity contribution in [3.8, 4) is 5.75 Å². The standard InChI is InChI=1S/C25H24BrClN2O3/c1-28-25(31)22(14-18-8-4-2-5-9-18)29(16-19-10-6-3-7-11-19)24(30)17-32-23-13-12-20(27)15-21(23)26/h2-13,15,22H,14,16-17H2,1H3,(H,28,31). The molecule has 0 fully saturated rings. The lowest BCUT2D eigenvalue weighted by Gasteiger charge is -2.31. The first kappa shape index (κ1) is 23.8. The minimum atomic E-state index is -0.688. The summed E-state index contributed by atoms with van der Waals surface area (Å²) in [4.78, 5) is 27.8. The zero-order valence-electron chi connectivity index (χ0n) is 17.6. The monoisotopic (exact) mass is 514 g/mol. The van der Waals surface area contributed by atoms with E-state index in [-0.39, 0.29) is 25.0 Å². The van der Waals surface area contributed by atoms with Crippen molar-refractivity contribution in [1.29, 1.82) is 0 Å². The van der Waals surface area contributed by atoms with Crippen molar-refractivity contribution in [3.63, 3.8) is 0 Å². The van der Waals surface area contributed by atoms with E-state index < -0.39 is 6.04 Å². The Morgan fingerprint density at radius 2 is 1.62 bits per heavy atom. The zero-order valence-corrected chi connectivity index (χ0v) is 20.0. The topological polar surface area (TPSA) is 58.6 Å². The van der Waals surface area contributed by atoms with Gasteiger partial charge in [0.05, 0.1) is 4.47 Å². The molecule has 3 aromatic carbocycles. The first-order chi connectivity index (χ1) is 15.5. The molecule has 1 unspecified atom stereocenters. The van der Waals surface area contributed by atoms with Gasteiger partial charge in [-0.15, -0.1) is 0 Å². The molecule has 5 nitrogen and oxygen atoms in total. The summed E-state index contributed by atoms with van der Waals surface area (Å²) < 4.78 is 6.41. The van der Waals surface area contributed by atoms with Crippen molar-refractivity contribution in [3.05, 3.63) is 99.5 Å². The number of likely N-dealkylation sites (N-methyl/N-ethyl adjacent to an activating group) is 1. The van der Waals surface area contributed by atoms with Crippen molar-refractivity contribution in [2.75, 3.05) is 13.7 Å². The fourth-order valence-electron chi connectivity index (χ4n) is 3.32. The molecule has 3 rings (SSSR count). The van der Waals surface area contributed by atoms with Crippen LogP contribution in [0.25, 0.3) is 0 Å². The quantitative estimate of drug-likeness (QED) is 0.442. The van der Waals surface area contributed by atoms with E-state index in [4.69, 9.17) is 16.3 Å². The molecule has 0 saturated carbocycles. The number of rotatable bonds is 9. The smallest absolute Gasteiger partial charge is 0.261 e. The highest BCUT2D eigenvalue weighted by Crippen LogP contribution is 2.28. The van der Waals surface area contributed by atoms with Crippen LogP contribution in [0.15, 0.2) is 83.3 Å². The lowest BCUT2D eigenvalue weighted by molar-refractivity contribution is -0.142. The van der Waals surface area contributed by atoms with Crippen molar-refractivity contribution in [2.24, 2.45) is 0 Å². The molecule has 0 bridgehead atoms. The van der Waals surface area contributed by atoms with E-state index in [1.807, 2.05) is 60.7 Å². The SMILES string of the molecule is CNC(=O)C(Cc1ccccc1)N(Cc1ccccc1)C(=O)COc1ccc(Cl)cc1Br. The van der Waals surface area contributed by atoms with E-state index in [1.54, 1.807) is 30.1 Å². The van der Waals surface area contributed by atoms with Crippen LogP contribution in [0.3, 0.4) is 0 Å². The molecular formula is C25H24BrClN2O3. The second-order valence-electron chi connectivity index (χ2n) is 7.19. The van der Waals surface area contributed by atoms with Gasteiger partial charge >= 0.3 is 0 Å². The van der Waals surface area contributed by atoms with Crippen LogP contribution in [-0.2, 0) is 22.6 Å². The Kier molecular flexibility index (Phi) is 8.71. The molecule has 1 atom stereocenters. The average molecular weight is 516 g/mol. The zero-order chi connectivity index (χ0) is 22.9. The van der Waals surface area contributed by atoms with Crippen LogP contribution in [0.4, 0.5) is 0 Å².